The molecule has 0 aliphatic rings. The van der Waals surface area contributed by atoms with Crippen LogP contribution in [0.3, 0.4) is 0 Å². The van der Waals surface area contributed by atoms with Crippen molar-refractivity contribution in [1.82, 2.24) is 4.72 Å². The van der Waals surface area contributed by atoms with Gasteiger partial charge in [0.25, 0.3) is 0 Å². The lowest BCUT2D eigenvalue weighted by molar-refractivity contribution is 0.519. The highest BCUT2D eigenvalue weighted by Crippen LogP contribution is 2.21. The number of rotatable bonds is 2. The Hall–Kier alpha value is -0.380. The van der Waals surface area contributed by atoms with Gasteiger partial charge in [0.05, 0.1) is 9.92 Å². The molecule has 0 amide bonds. The fourth-order valence-corrected chi connectivity index (χ4v) is 2.63. The van der Waals surface area contributed by atoms with E-state index in [1.807, 2.05) is 67.5 Å². The molecule has 0 fully saturated rings. The second-order valence-corrected chi connectivity index (χ2v) is 6.14. The van der Waals surface area contributed by atoms with Crippen molar-refractivity contribution in [2.45, 2.75) is 65.8 Å². The van der Waals surface area contributed by atoms with E-state index in [0.717, 1.165) is 5.56 Å². The Bertz CT molecular complexity index is 386. The molecule has 0 aromatic heterocycles. The molecule has 1 aromatic rings. The monoisotopic (exact) mass is 305 g/mol. The molecule has 0 bridgehead atoms. The van der Waals surface area contributed by atoms with Crippen molar-refractivity contribution in [3.8, 4) is 0 Å². The molecular weight excluding hydrogens is 278 g/mol. The largest absolute Gasteiger partial charge is 0.237 e. The highest BCUT2D eigenvalue weighted by molar-refractivity contribution is 7.83. The number of aryl methyl sites for hydroxylation is 1. The van der Waals surface area contributed by atoms with Crippen molar-refractivity contribution in [2.75, 3.05) is 0 Å². The second-order valence-electron chi connectivity index (χ2n) is 4.55. The maximum Gasteiger partial charge on any atom is 0.126 e. The Morgan fingerprint density at radius 1 is 1.11 bits per heavy atom. The van der Waals surface area contributed by atoms with Gasteiger partial charge in [0.1, 0.15) is 11.0 Å². The fraction of sp³-hybridized carbons (Fsp3) is 0.600. The SMILES string of the molecule is CC.CC.Cc1ccc(S(=O)NC(C)(C)C)c(Cl)c1. The lowest BCUT2D eigenvalue weighted by atomic mass is 10.1. The maximum absolute atomic E-state index is 11.9. The van der Waals surface area contributed by atoms with E-state index >= 15 is 0 Å². The van der Waals surface area contributed by atoms with E-state index in [4.69, 9.17) is 11.6 Å². The topological polar surface area (TPSA) is 29.1 Å². The summed E-state index contributed by atoms with van der Waals surface area (Å²) in [5, 5.41) is 0.546. The van der Waals surface area contributed by atoms with Crippen LogP contribution in [-0.4, -0.2) is 9.75 Å². The Balaban J connectivity index is 0. The lowest BCUT2D eigenvalue weighted by Crippen LogP contribution is -2.37. The summed E-state index contributed by atoms with van der Waals surface area (Å²) in [4.78, 5) is 0.636. The normalized spacial score (nSPS) is 11.6. The quantitative estimate of drug-likeness (QED) is 0.808. The summed E-state index contributed by atoms with van der Waals surface area (Å²) < 4.78 is 14.9. The predicted octanol–water partition coefficient (Wildman–Crippen LogP) is 5.11. The van der Waals surface area contributed by atoms with Gasteiger partial charge in [0, 0.05) is 5.54 Å². The summed E-state index contributed by atoms with van der Waals surface area (Å²) in [6, 6.07) is 5.52. The fourth-order valence-electron chi connectivity index (χ4n) is 1.09. The molecule has 0 radical (unpaired) electrons. The van der Waals surface area contributed by atoms with Crippen LogP contribution in [0.1, 0.15) is 54.0 Å². The van der Waals surface area contributed by atoms with Crippen LogP contribution in [-0.2, 0) is 11.0 Å². The number of halogens is 1. The van der Waals surface area contributed by atoms with E-state index in [9.17, 15) is 4.21 Å². The summed E-state index contributed by atoms with van der Waals surface area (Å²) in [7, 11) is -1.25. The van der Waals surface area contributed by atoms with Crippen molar-refractivity contribution >= 4 is 22.6 Å². The average Bonchev–Trinajstić information content (AvgIpc) is 2.31. The Morgan fingerprint density at radius 3 is 1.95 bits per heavy atom. The Kier molecular flexibility index (Phi) is 11.5. The molecule has 2 nitrogen and oxygen atoms in total. The van der Waals surface area contributed by atoms with Crippen molar-refractivity contribution in [1.29, 1.82) is 0 Å². The molecule has 1 aromatic carbocycles. The predicted molar refractivity (Wildman–Crippen MR) is 88.2 cm³/mol. The van der Waals surface area contributed by atoms with E-state index in [-0.39, 0.29) is 5.54 Å². The van der Waals surface area contributed by atoms with Gasteiger partial charge in [0.15, 0.2) is 0 Å². The smallest absolute Gasteiger partial charge is 0.126 e. The van der Waals surface area contributed by atoms with Gasteiger partial charge in [-0.2, -0.15) is 0 Å². The maximum atomic E-state index is 11.9. The van der Waals surface area contributed by atoms with Gasteiger partial charge in [0.2, 0.25) is 0 Å². The van der Waals surface area contributed by atoms with Gasteiger partial charge in [-0.25, -0.2) is 8.93 Å². The van der Waals surface area contributed by atoms with Gasteiger partial charge in [-0.05, 0) is 45.4 Å². The van der Waals surface area contributed by atoms with Crippen LogP contribution in [0.15, 0.2) is 23.1 Å². The van der Waals surface area contributed by atoms with Gasteiger partial charge in [-0.1, -0.05) is 45.4 Å². The molecule has 0 aliphatic heterocycles. The molecule has 1 rings (SSSR count). The van der Waals surface area contributed by atoms with Crippen molar-refractivity contribution in [2.24, 2.45) is 0 Å². The lowest BCUT2D eigenvalue weighted by Gasteiger charge is -2.19. The molecule has 0 spiro atoms. The van der Waals surface area contributed by atoms with Crippen molar-refractivity contribution in [3.63, 3.8) is 0 Å². The summed E-state index contributed by atoms with van der Waals surface area (Å²) in [5.41, 5.74) is 0.871. The number of nitrogens with one attached hydrogen (secondary N) is 1. The minimum Gasteiger partial charge on any atom is -0.237 e. The van der Waals surface area contributed by atoms with Crippen LogP contribution in [0.2, 0.25) is 5.02 Å². The van der Waals surface area contributed by atoms with Crippen LogP contribution < -0.4 is 4.72 Å². The zero-order valence-electron chi connectivity index (χ0n) is 13.4. The minimum atomic E-state index is -1.25. The molecule has 1 N–H and O–H groups in total. The molecule has 0 saturated heterocycles. The molecule has 0 saturated carbocycles. The first kappa shape index (κ1) is 20.9. The summed E-state index contributed by atoms with van der Waals surface area (Å²) >= 11 is 6.02. The van der Waals surface area contributed by atoms with Crippen LogP contribution in [0, 0.1) is 6.92 Å². The molecule has 0 heterocycles. The first-order valence-corrected chi connectivity index (χ1v) is 8.28. The van der Waals surface area contributed by atoms with Gasteiger partial charge in [-0.15, -0.1) is 0 Å². The van der Waals surface area contributed by atoms with Gasteiger partial charge < -0.3 is 0 Å². The van der Waals surface area contributed by atoms with E-state index in [1.165, 1.54) is 0 Å². The van der Waals surface area contributed by atoms with E-state index in [1.54, 1.807) is 6.07 Å². The van der Waals surface area contributed by atoms with Crippen LogP contribution in [0.25, 0.3) is 0 Å². The molecule has 0 aliphatic carbocycles. The van der Waals surface area contributed by atoms with E-state index < -0.39 is 11.0 Å². The highest BCUT2D eigenvalue weighted by Gasteiger charge is 2.16. The minimum absolute atomic E-state index is 0.195. The Morgan fingerprint density at radius 2 is 1.58 bits per heavy atom. The van der Waals surface area contributed by atoms with Gasteiger partial charge in [-0.3, -0.25) is 0 Å². The van der Waals surface area contributed by atoms with E-state index in [0.29, 0.717) is 9.92 Å². The van der Waals surface area contributed by atoms with Crippen LogP contribution in [0.5, 0.6) is 0 Å². The van der Waals surface area contributed by atoms with Crippen molar-refractivity contribution in [3.05, 3.63) is 28.8 Å². The van der Waals surface area contributed by atoms with Crippen LogP contribution >= 0.6 is 11.6 Å². The number of hydrogen-bond acceptors (Lipinski definition) is 1. The summed E-state index contributed by atoms with van der Waals surface area (Å²) in [6.45, 7) is 15.8. The molecule has 1 unspecified atom stereocenters. The molecule has 1 atom stereocenters. The van der Waals surface area contributed by atoms with Crippen molar-refractivity contribution < 1.29 is 4.21 Å². The number of hydrogen-bond donors (Lipinski definition) is 1. The first-order chi connectivity index (χ1) is 8.79. The third-order valence-corrected chi connectivity index (χ3v) is 3.66. The second kappa shape index (κ2) is 10.4. The summed E-state index contributed by atoms with van der Waals surface area (Å²) in [6.07, 6.45) is 0. The standard InChI is InChI=1S/C11H16ClNOS.2C2H6/c1-8-5-6-10(9(12)7-8)15(14)13-11(2,3)4;2*1-2/h5-7,13H,1-4H3;2*1-2H3. The molecular formula is C15H28ClNOS. The third-order valence-electron chi connectivity index (χ3n) is 1.69. The molecule has 19 heavy (non-hydrogen) atoms. The zero-order valence-corrected chi connectivity index (χ0v) is 15.0. The Labute approximate surface area is 126 Å². The third kappa shape index (κ3) is 9.20. The number of benzene rings is 1. The highest BCUT2D eigenvalue weighted by atomic mass is 35.5. The average molecular weight is 306 g/mol. The van der Waals surface area contributed by atoms with Gasteiger partial charge >= 0.3 is 0 Å². The van der Waals surface area contributed by atoms with Crippen LogP contribution in [0.4, 0.5) is 0 Å². The molecule has 112 valence electrons. The van der Waals surface area contributed by atoms with E-state index in [2.05, 4.69) is 4.72 Å². The zero-order chi connectivity index (χ0) is 15.6. The summed E-state index contributed by atoms with van der Waals surface area (Å²) in [5.74, 6) is 0. The molecule has 4 heteroatoms. The first-order valence-electron chi connectivity index (χ1n) is 6.75.